The average molecular weight is 298 g/mol. The van der Waals surface area contributed by atoms with Gasteiger partial charge in [-0.25, -0.2) is 0 Å². The van der Waals surface area contributed by atoms with Gasteiger partial charge in [0, 0.05) is 23.7 Å². The molecule has 1 aliphatic rings. The van der Waals surface area contributed by atoms with E-state index < -0.39 is 0 Å². The number of nitrogens with zero attached hydrogens (tertiary/aromatic N) is 1. The van der Waals surface area contributed by atoms with Crippen molar-refractivity contribution in [3.8, 4) is 5.75 Å². The van der Waals surface area contributed by atoms with Gasteiger partial charge in [-0.1, -0.05) is 18.5 Å². The minimum Gasteiger partial charge on any atom is -0.496 e. The van der Waals surface area contributed by atoms with Crippen LogP contribution in [0.5, 0.6) is 5.75 Å². The van der Waals surface area contributed by atoms with Crippen LogP contribution in [0.2, 0.25) is 5.02 Å². The Kier molecular flexibility index (Phi) is 4.89. The maximum atomic E-state index is 12.3. The Bertz CT molecular complexity index is 492. The largest absolute Gasteiger partial charge is 0.496 e. The Morgan fingerprint density at radius 1 is 1.55 bits per heavy atom. The van der Waals surface area contributed by atoms with E-state index in [0.717, 1.165) is 5.56 Å². The lowest BCUT2D eigenvalue weighted by atomic mass is 9.96. The molecule has 2 atom stereocenters. The number of piperidine rings is 1. The van der Waals surface area contributed by atoms with E-state index in [9.17, 15) is 9.90 Å². The van der Waals surface area contributed by atoms with E-state index in [1.165, 1.54) is 0 Å². The summed E-state index contributed by atoms with van der Waals surface area (Å²) in [6.45, 7) is 3.17. The third-order valence-electron chi connectivity index (χ3n) is 3.80. The summed E-state index contributed by atoms with van der Waals surface area (Å²) in [7, 11) is 1.58. The normalized spacial score (nSPS) is 22.7. The van der Waals surface area contributed by atoms with Crippen molar-refractivity contribution in [3.63, 3.8) is 0 Å². The molecule has 0 bridgehead atoms. The van der Waals surface area contributed by atoms with Crippen LogP contribution in [0.15, 0.2) is 18.2 Å². The van der Waals surface area contributed by atoms with E-state index >= 15 is 0 Å². The number of carbonyl (C=O) groups excluding carboxylic acids is 1. The van der Waals surface area contributed by atoms with Crippen molar-refractivity contribution in [2.75, 3.05) is 20.2 Å². The molecule has 1 saturated heterocycles. The number of aliphatic hydroxyl groups is 1. The zero-order chi connectivity index (χ0) is 14.7. The molecule has 1 aliphatic heterocycles. The standard InChI is InChI=1S/C15H20ClNO3/c1-10-9-17(6-5-13(10)18)15(19)8-11-7-12(16)3-4-14(11)20-2/h3-4,7,10,13,18H,5-6,8-9H2,1-2H3. The number of amides is 1. The summed E-state index contributed by atoms with van der Waals surface area (Å²) in [5.41, 5.74) is 0.795. The maximum Gasteiger partial charge on any atom is 0.227 e. The van der Waals surface area contributed by atoms with Gasteiger partial charge in [0.1, 0.15) is 5.75 Å². The number of halogens is 1. The predicted molar refractivity (Wildman–Crippen MR) is 78.1 cm³/mol. The molecule has 0 aliphatic carbocycles. The third kappa shape index (κ3) is 3.44. The Labute approximate surface area is 124 Å². The molecule has 20 heavy (non-hydrogen) atoms. The second kappa shape index (κ2) is 6.46. The van der Waals surface area contributed by atoms with E-state index in [1.54, 1.807) is 30.2 Å². The fourth-order valence-corrected chi connectivity index (χ4v) is 2.71. The van der Waals surface area contributed by atoms with E-state index in [1.807, 2.05) is 6.92 Å². The molecule has 0 saturated carbocycles. The van der Waals surface area contributed by atoms with E-state index in [0.29, 0.717) is 30.3 Å². The second-order valence-corrected chi connectivity index (χ2v) is 5.74. The molecule has 2 unspecified atom stereocenters. The molecule has 1 aromatic rings. The summed E-state index contributed by atoms with van der Waals surface area (Å²) in [4.78, 5) is 14.1. The van der Waals surface area contributed by atoms with Crippen LogP contribution < -0.4 is 4.74 Å². The minimum absolute atomic E-state index is 0.0457. The summed E-state index contributed by atoms with van der Waals surface area (Å²) in [6.07, 6.45) is 0.603. The Balaban J connectivity index is 2.06. The number of hydrogen-bond acceptors (Lipinski definition) is 3. The highest BCUT2D eigenvalue weighted by Gasteiger charge is 2.27. The van der Waals surface area contributed by atoms with E-state index in [-0.39, 0.29) is 24.3 Å². The third-order valence-corrected chi connectivity index (χ3v) is 4.03. The molecule has 1 N–H and O–H groups in total. The first-order valence-electron chi connectivity index (χ1n) is 6.79. The zero-order valence-electron chi connectivity index (χ0n) is 11.8. The monoisotopic (exact) mass is 297 g/mol. The van der Waals surface area contributed by atoms with Gasteiger partial charge in [0.25, 0.3) is 0 Å². The van der Waals surface area contributed by atoms with Gasteiger partial charge >= 0.3 is 0 Å². The average Bonchev–Trinajstić information content (AvgIpc) is 2.42. The highest BCUT2D eigenvalue weighted by Crippen LogP contribution is 2.24. The molecule has 1 amide bonds. The van der Waals surface area contributed by atoms with Crippen LogP contribution in [0.1, 0.15) is 18.9 Å². The fourth-order valence-electron chi connectivity index (χ4n) is 2.52. The number of aliphatic hydroxyl groups excluding tert-OH is 1. The van der Waals surface area contributed by atoms with Crippen LogP contribution >= 0.6 is 11.6 Å². The van der Waals surface area contributed by atoms with Crippen LogP contribution in [0.4, 0.5) is 0 Å². The van der Waals surface area contributed by atoms with Crippen LogP contribution in [0, 0.1) is 5.92 Å². The second-order valence-electron chi connectivity index (χ2n) is 5.31. The molecule has 5 heteroatoms. The van der Waals surface area contributed by atoms with E-state index in [2.05, 4.69) is 0 Å². The SMILES string of the molecule is COc1ccc(Cl)cc1CC(=O)N1CCC(O)C(C)C1. The highest BCUT2D eigenvalue weighted by atomic mass is 35.5. The number of rotatable bonds is 3. The van der Waals surface area contributed by atoms with Crippen molar-refractivity contribution >= 4 is 17.5 Å². The van der Waals surface area contributed by atoms with Gasteiger partial charge in [0.05, 0.1) is 19.6 Å². The smallest absolute Gasteiger partial charge is 0.227 e. The van der Waals surface area contributed by atoms with Crippen LogP contribution in [0.25, 0.3) is 0 Å². The summed E-state index contributed by atoms with van der Waals surface area (Å²) < 4.78 is 5.26. The number of methoxy groups -OCH3 is 1. The van der Waals surface area contributed by atoms with Crippen molar-refractivity contribution in [3.05, 3.63) is 28.8 Å². The van der Waals surface area contributed by atoms with Gasteiger partial charge in [0.2, 0.25) is 5.91 Å². The molecule has 1 aromatic carbocycles. The first-order chi connectivity index (χ1) is 9.51. The van der Waals surface area contributed by atoms with Gasteiger partial charge < -0.3 is 14.7 Å². The van der Waals surface area contributed by atoms with Gasteiger partial charge in [-0.05, 0) is 30.5 Å². The number of ether oxygens (including phenoxy) is 1. The summed E-state index contributed by atoms with van der Waals surface area (Å²) in [5.74, 6) is 0.839. The molecule has 1 fully saturated rings. The molecule has 0 spiro atoms. The predicted octanol–water partition coefficient (Wildman–Crippen LogP) is 2.12. The van der Waals surface area contributed by atoms with Crippen molar-refractivity contribution < 1.29 is 14.6 Å². The Morgan fingerprint density at radius 3 is 2.95 bits per heavy atom. The van der Waals surface area contributed by atoms with Crippen LogP contribution in [0.3, 0.4) is 0 Å². The molecule has 0 aromatic heterocycles. The van der Waals surface area contributed by atoms with Crippen molar-refractivity contribution in [1.29, 1.82) is 0 Å². The van der Waals surface area contributed by atoms with Crippen molar-refractivity contribution in [2.24, 2.45) is 5.92 Å². The Hall–Kier alpha value is -1.26. The van der Waals surface area contributed by atoms with Gasteiger partial charge in [0.15, 0.2) is 0 Å². The molecule has 2 rings (SSSR count). The molecular formula is C15H20ClNO3. The lowest BCUT2D eigenvalue weighted by Gasteiger charge is -2.34. The Morgan fingerprint density at radius 2 is 2.30 bits per heavy atom. The number of hydrogen-bond donors (Lipinski definition) is 1. The van der Waals surface area contributed by atoms with Gasteiger partial charge in [-0.15, -0.1) is 0 Å². The first-order valence-corrected chi connectivity index (χ1v) is 7.17. The molecule has 0 radical (unpaired) electrons. The lowest BCUT2D eigenvalue weighted by molar-refractivity contribution is -0.134. The molecular weight excluding hydrogens is 278 g/mol. The van der Waals surface area contributed by atoms with Crippen molar-refractivity contribution in [2.45, 2.75) is 25.9 Å². The van der Waals surface area contributed by atoms with Gasteiger partial charge in [-0.2, -0.15) is 0 Å². The van der Waals surface area contributed by atoms with Crippen LogP contribution in [-0.4, -0.2) is 42.2 Å². The maximum absolute atomic E-state index is 12.3. The first kappa shape index (κ1) is 15.1. The highest BCUT2D eigenvalue weighted by molar-refractivity contribution is 6.30. The quantitative estimate of drug-likeness (QED) is 0.930. The minimum atomic E-state index is -0.306. The fraction of sp³-hybridized carbons (Fsp3) is 0.533. The number of benzene rings is 1. The van der Waals surface area contributed by atoms with Crippen LogP contribution in [-0.2, 0) is 11.2 Å². The lowest BCUT2D eigenvalue weighted by Crippen LogP contribution is -2.45. The summed E-state index contributed by atoms with van der Waals surface area (Å²) in [5, 5.41) is 10.3. The summed E-state index contributed by atoms with van der Waals surface area (Å²) >= 11 is 5.97. The molecule has 1 heterocycles. The van der Waals surface area contributed by atoms with E-state index in [4.69, 9.17) is 16.3 Å². The van der Waals surface area contributed by atoms with Gasteiger partial charge in [-0.3, -0.25) is 4.79 Å². The summed E-state index contributed by atoms with van der Waals surface area (Å²) in [6, 6.07) is 5.28. The molecule has 110 valence electrons. The molecule has 4 nitrogen and oxygen atoms in total. The van der Waals surface area contributed by atoms with Crippen molar-refractivity contribution in [1.82, 2.24) is 4.90 Å². The number of likely N-dealkylation sites (tertiary alicyclic amines) is 1. The zero-order valence-corrected chi connectivity index (χ0v) is 12.6. The topological polar surface area (TPSA) is 49.8 Å². The number of carbonyl (C=O) groups is 1.